The zero-order valence-corrected chi connectivity index (χ0v) is 20.3. The summed E-state index contributed by atoms with van der Waals surface area (Å²) in [5.74, 6) is 3.57. The van der Waals surface area contributed by atoms with Crippen LogP contribution >= 0.6 is 35.7 Å². The van der Waals surface area contributed by atoms with Crippen LogP contribution in [0, 0.1) is 0 Å². The van der Waals surface area contributed by atoms with Crippen molar-refractivity contribution in [3.8, 4) is 0 Å². The van der Waals surface area contributed by atoms with E-state index in [4.69, 9.17) is 0 Å². The second-order valence-corrected chi connectivity index (χ2v) is 8.98. The Kier molecular flexibility index (Phi) is 9.28. The Morgan fingerprint density at radius 1 is 1.26 bits per heavy atom. The number of aromatic nitrogens is 1. The van der Waals surface area contributed by atoms with Gasteiger partial charge in [-0.05, 0) is 25.0 Å². The van der Waals surface area contributed by atoms with Crippen molar-refractivity contribution in [1.29, 1.82) is 0 Å². The van der Waals surface area contributed by atoms with Crippen LogP contribution in [-0.2, 0) is 13.6 Å². The van der Waals surface area contributed by atoms with E-state index in [-0.39, 0.29) is 24.0 Å². The van der Waals surface area contributed by atoms with E-state index in [2.05, 4.69) is 68.9 Å². The fourth-order valence-corrected chi connectivity index (χ4v) is 5.36. The maximum Gasteiger partial charge on any atom is 0.193 e. The molecule has 154 valence electrons. The van der Waals surface area contributed by atoms with Gasteiger partial charge in [0, 0.05) is 69.7 Å². The Morgan fingerprint density at radius 3 is 2.56 bits per heavy atom. The number of aryl methyl sites for hydroxylation is 1. The molecule has 2 fully saturated rings. The lowest BCUT2D eigenvalue weighted by Crippen LogP contribution is -2.59. The van der Waals surface area contributed by atoms with Crippen molar-refractivity contribution in [2.75, 3.05) is 45.2 Å². The molecule has 3 rings (SSSR count). The van der Waals surface area contributed by atoms with Crippen LogP contribution < -0.4 is 5.32 Å². The lowest BCUT2D eigenvalue weighted by Gasteiger charge is -2.48. The molecule has 27 heavy (non-hydrogen) atoms. The topological polar surface area (TPSA) is 35.8 Å². The number of nitrogens with one attached hydrogen (secondary N) is 1. The third kappa shape index (κ3) is 5.79. The summed E-state index contributed by atoms with van der Waals surface area (Å²) < 4.78 is 2.18. The van der Waals surface area contributed by atoms with Gasteiger partial charge in [0.2, 0.25) is 0 Å². The van der Waals surface area contributed by atoms with E-state index in [0.29, 0.717) is 5.54 Å². The van der Waals surface area contributed by atoms with E-state index in [1.54, 1.807) is 0 Å². The molecule has 5 nitrogen and oxygen atoms in total. The predicted octanol–water partition coefficient (Wildman–Crippen LogP) is 3.40. The molecule has 0 amide bonds. The zero-order valence-electron chi connectivity index (χ0n) is 17.1. The van der Waals surface area contributed by atoms with Gasteiger partial charge in [-0.2, -0.15) is 11.8 Å². The molecule has 1 aromatic heterocycles. The average Bonchev–Trinajstić information content (AvgIpc) is 3.08. The fraction of sp³-hybridized carbons (Fsp3) is 0.750. The maximum atomic E-state index is 4.56. The summed E-state index contributed by atoms with van der Waals surface area (Å²) >= 11 is 2.10. The van der Waals surface area contributed by atoms with Gasteiger partial charge in [0.1, 0.15) is 0 Å². The Labute approximate surface area is 186 Å². The minimum Gasteiger partial charge on any atom is -0.354 e. The third-order valence-electron chi connectivity index (χ3n) is 6.07. The van der Waals surface area contributed by atoms with Crippen molar-refractivity contribution in [2.45, 2.75) is 44.2 Å². The van der Waals surface area contributed by atoms with Gasteiger partial charge in [-0.3, -0.25) is 9.89 Å². The van der Waals surface area contributed by atoms with Crippen molar-refractivity contribution in [1.82, 2.24) is 19.7 Å². The van der Waals surface area contributed by atoms with E-state index >= 15 is 0 Å². The highest BCUT2D eigenvalue weighted by Gasteiger charge is 2.38. The number of halogens is 1. The largest absolute Gasteiger partial charge is 0.354 e. The third-order valence-corrected chi connectivity index (χ3v) is 7.01. The van der Waals surface area contributed by atoms with Crippen LogP contribution in [0.4, 0.5) is 0 Å². The first-order valence-electron chi connectivity index (χ1n) is 9.99. The van der Waals surface area contributed by atoms with E-state index in [9.17, 15) is 0 Å². The molecule has 0 radical (unpaired) electrons. The first-order valence-corrected chi connectivity index (χ1v) is 11.1. The highest BCUT2D eigenvalue weighted by Crippen LogP contribution is 2.34. The molecule has 1 aliphatic carbocycles. The SMILES string of the molecule is CN=C(NCC1(N2CCSCC2)CCCCC1)N(C)Cc1cccn1C.I. The Bertz CT molecular complexity index is 591. The summed E-state index contributed by atoms with van der Waals surface area (Å²) in [4.78, 5) is 9.57. The summed E-state index contributed by atoms with van der Waals surface area (Å²) in [5.41, 5.74) is 1.62. The van der Waals surface area contributed by atoms with Gasteiger partial charge in [-0.1, -0.05) is 19.3 Å². The Morgan fingerprint density at radius 2 is 1.96 bits per heavy atom. The van der Waals surface area contributed by atoms with Gasteiger partial charge in [0.25, 0.3) is 0 Å². The Balaban J connectivity index is 0.00000261. The summed E-state index contributed by atoms with van der Waals surface area (Å²) in [7, 11) is 6.13. The van der Waals surface area contributed by atoms with Crippen molar-refractivity contribution < 1.29 is 0 Å². The van der Waals surface area contributed by atoms with Gasteiger partial charge in [-0.15, -0.1) is 24.0 Å². The quantitative estimate of drug-likeness (QED) is 0.378. The predicted molar refractivity (Wildman–Crippen MR) is 128 cm³/mol. The molecule has 0 atom stereocenters. The highest BCUT2D eigenvalue weighted by molar-refractivity contribution is 14.0. The average molecular weight is 506 g/mol. The molecule has 7 heteroatoms. The van der Waals surface area contributed by atoms with Crippen LogP contribution in [0.25, 0.3) is 0 Å². The summed E-state index contributed by atoms with van der Waals surface area (Å²) in [6.45, 7) is 4.37. The first-order chi connectivity index (χ1) is 12.6. The van der Waals surface area contributed by atoms with Crippen LogP contribution in [0.2, 0.25) is 0 Å². The van der Waals surface area contributed by atoms with E-state index in [1.165, 1.54) is 62.4 Å². The monoisotopic (exact) mass is 505 g/mol. The number of rotatable bonds is 5. The number of aliphatic imine (C=N–C) groups is 1. The molecular formula is C20H36IN5S. The number of nitrogens with zero attached hydrogens (tertiary/aromatic N) is 4. The van der Waals surface area contributed by atoms with Crippen molar-refractivity contribution in [2.24, 2.45) is 12.0 Å². The highest BCUT2D eigenvalue weighted by atomic mass is 127. The molecule has 2 heterocycles. The van der Waals surface area contributed by atoms with Crippen molar-refractivity contribution in [3.05, 3.63) is 24.0 Å². The molecule has 1 saturated heterocycles. The molecule has 2 aliphatic rings. The minimum atomic E-state index is 0. The van der Waals surface area contributed by atoms with E-state index in [1.807, 2.05) is 7.05 Å². The summed E-state index contributed by atoms with van der Waals surface area (Å²) in [6.07, 6.45) is 8.87. The van der Waals surface area contributed by atoms with Gasteiger partial charge < -0.3 is 14.8 Å². The number of hydrogen-bond donors (Lipinski definition) is 1. The summed E-state index contributed by atoms with van der Waals surface area (Å²) in [5, 5.41) is 3.73. The molecule has 0 aromatic carbocycles. The molecular weight excluding hydrogens is 469 g/mol. The molecule has 0 bridgehead atoms. The van der Waals surface area contributed by atoms with Gasteiger partial charge in [0.05, 0.1) is 6.54 Å². The van der Waals surface area contributed by atoms with Crippen LogP contribution in [0.5, 0.6) is 0 Å². The maximum absolute atomic E-state index is 4.56. The number of hydrogen-bond acceptors (Lipinski definition) is 3. The minimum absolute atomic E-state index is 0. The second kappa shape index (κ2) is 11.0. The van der Waals surface area contributed by atoms with E-state index in [0.717, 1.165) is 19.0 Å². The molecule has 1 saturated carbocycles. The van der Waals surface area contributed by atoms with Crippen LogP contribution in [0.15, 0.2) is 23.3 Å². The molecule has 0 unspecified atom stereocenters. The fourth-order valence-electron chi connectivity index (χ4n) is 4.46. The number of thioether (sulfide) groups is 1. The Hall–Kier alpha value is -0.410. The van der Waals surface area contributed by atoms with Crippen LogP contribution in [0.3, 0.4) is 0 Å². The first kappa shape index (κ1) is 22.9. The molecule has 1 aliphatic heterocycles. The van der Waals surface area contributed by atoms with Gasteiger partial charge in [0.15, 0.2) is 5.96 Å². The molecule has 1 aromatic rings. The molecule has 1 N–H and O–H groups in total. The lowest BCUT2D eigenvalue weighted by atomic mass is 9.80. The van der Waals surface area contributed by atoms with Crippen LogP contribution in [0.1, 0.15) is 37.8 Å². The van der Waals surface area contributed by atoms with Crippen molar-refractivity contribution >= 4 is 41.7 Å². The lowest BCUT2D eigenvalue weighted by molar-refractivity contribution is 0.0621. The standard InChI is InChI=1S/C20H35N5S.HI/c1-21-19(24(3)16-18-8-7-11-23(18)2)22-17-20(9-5-4-6-10-20)25-12-14-26-15-13-25;/h7-8,11H,4-6,9-10,12-17H2,1-3H3,(H,21,22);1H. The zero-order chi connectivity index (χ0) is 18.4. The smallest absolute Gasteiger partial charge is 0.193 e. The molecule has 0 spiro atoms. The van der Waals surface area contributed by atoms with Crippen molar-refractivity contribution in [3.63, 3.8) is 0 Å². The number of guanidine groups is 1. The van der Waals surface area contributed by atoms with Crippen LogP contribution in [-0.4, -0.2) is 71.1 Å². The van der Waals surface area contributed by atoms with E-state index < -0.39 is 0 Å². The van der Waals surface area contributed by atoms with Gasteiger partial charge >= 0.3 is 0 Å². The van der Waals surface area contributed by atoms with Gasteiger partial charge in [-0.25, -0.2) is 0 Å². The normalized spacial score (nSPS) is 20.8. The second-order valence-electron chi connectivity index (χ2n) is 7.75. The summed E-state index contributed by atoms with van der Waals surface area (Å²) in [6, 6.07) is 4.28.